The molecule has 2 aromatic rings. The fourth-order valence-electron chi connectivity index (χ4n) is 2.69. The second kappa shape index (κ2) is 6.71. The van der Waals surface area contributed by atoms with Crippen molar-refractivity contribution in [3.63, 3.8) is 0 Å². The van der Waals surface area contributed by atoms with Crippen LogP contribution in [0.4, 0.5) is 0 Å². The van der Waals surface area contributed by atoms with Crippen molar-refractivity contribution in [2.24, 2.45) is 0 Å². The summed E-state index contributed by atoms with van der Waals surface area (Å²) in [7, 11) is 1.64. The van der Waals surface area contributed by atoms with E-state index in [0.29, 0.717) is 18.7 Å². The number of carboxylic acids is 1. The molecule has 0 fully saturated rings. The second-order valence-electron chi connectivity index (χ2n) is 5.57. The van der Waals surface area contributed by atoms with Gasteiger partial charge in [-0.05, 0) is 35.7 Å². The van der Waals surface area contributed by atoms with Gasteiger partial charge in [-0.1, -0.05) is 18.2 Å². The molecule has 5 heteroatoms. The van der Waals surface area contributed by atoms with Crippen molar-refractivity contribution in [3.05, 3.63) is 59.2 Å². The zero-order valence-corrected chi connectivity index (χ0v) is 12.9. The van der Waals surface area contributed by atoms with Gasteiger partial charge < -0.3 is 19.9 Å². The predicted molar refractivity (Wildman–Crippen MR) is 86.2 cm³/mol. The van der Waals surface area contributed by atoms with Crippen LogP contribution in [-0.4, -0.2) is 30.8 Å². The summed E-state index contributed by atoms with van der Waals surface area (Å²) in [6.45, 7) is 1.19. The Balaban J connectivity index is 1.61. The van der Waals surface area contributed by atoms with Crippen molar-refractivity contribution in [1.29, 1.82) is 0 Å². The van der Waals surface area contributed by atoms with E-state index < -0.39 is 5.97 Å². The van der Waals surface area contributed by atoms with E-state index in [-0.39, 0.29) is 6.04 Å². The van der Waals surface area contributed by atoms with Crippen LogP contribution in [0.15, 0.2) is 42.5 Å². The summed E-state index contributed by atoms with van der Waals surface area (Å²) in [6.07, 6.45) is 0.873. The fourth-order valence-corrected chi connectivity index (χ4v) is 2.69. The Labute approximate surface area is 134 Å². The van der Waals surface area contributed by atoms with E-state index in [2.05, 4.69) is 5.32 Å². The van der Waals surface area contributed by atoms with Crippen LogP contribution in [0.2, 0.25) is 0 Å². The van der Waals surface area contributed by atoms with E-state index in [0.717, 1.165) is 29.0 Å². The summed E-state index contributed by atoms with van der Waals surface area (Å²) in [4.78, 5) is 11.0. The molecule has 2 aromatic carbocycles. The van der Waals surface area contributed by atoms with E-state index in [1.807, 2.05) is 24.3 Å². The van der Waals surface area contributed by atoms with Gasteiger partial charge in [-0.3, -0.25) is 0 Å². The van der Waals surface area contributed by atoms with Crippen LogP contribution in [0.3, 0.4) is 0 Å². The van der Waals surface area contributed by atoms with Gasteiger partial charge in [-0.15, -0.1) is 0 Å². The fraction of sp³-hybridized carbons (Fsp3) is 0.278. The normalized spacial score (nSPS) is 16.3. The van der Waals surface area contributed by atoms with Crippen molar-refractivity contribution in [1.82, 2.24) is 5.32 Å². The maximum atomic E-state index is 11.0. The van der Waals surface area contributed by atoms with Crippen LogP contribution in [0.1, 0.15) is 21.5 Å². The van der Waals surface area contributed by atoms with Crippen LogP contribution < -0.4 is 14.8 Å². The van der Waals surface area contributed by atoms with Gasteiger partial charge in [0.2, 0.25) is 0 Å². The molecule has 0 saturated heterocycles. The van der Waals surface area contributed by atoms with Gasteiger partial charge in [0.05, 0.1) is 12.7 Å². The third-order valence-electron chi connectivity index (χ3n) is 3.95. The van der Waals surface area contributed by atoms with Crippen LogP contribution in [0.25, 0.3) is 0 Å². The highest BCUT2D eigenvalue weighted by Gasteiger charge is 2.20. The molecule has 0 saturated carbocycles. The van der Waals surface area contributed by atoms with E-state index in [9.17, 15) is 4.79 Å². The molecule has 0 bridgehead atoms. The number of fused-ring (bicyclic) bond motifs is 1. The molecule has 2 N–H and O–H groups in total. The average molecular weight is 313 g/mol. The molecule has 0 aromatic heterocycles. The quantitative estimate of drug-likeness (QED) is 0.887. The lowest BCUT2D eigenvalue weighted by Crippen LogP contribution is -2.38. The molecule has 0 spiro atoms. The summed E-state index contributed by atoms with van der Waals surface area (Å²) in [6, 6.07) is 13.0. The van der Waals surface area contributed by atoms with Crippen LogP contribution in [0, 0.1) is 0 Å². The first-order valence-corrected chi connectivity index (χ1v) is 7.51. The Kier molecular flexibility index (Phi) is 4.48. The summed E-state index contributed by atoms with van der Waals surface area (Å²) < 4.78 is 11.0. The van der Waals surface area contributed by atoms with E-state index in [4.69, 9.17) is 14.6 Å². The van der Waals surface area contributed by atoms with Gasteiger partial charge in [-0.2, -0.15) is 0 Å². The van der Waals surface area contributed by atoms with Crippen molar-refractivity contribution < 1.29 is 19.4 Å². The Morgan fingerprint density at radius 1 is 1.35 bits per heavy atom. The lowest BCUT2D eigenvalue weighted by molar-refractivity contribution is 0.0696. The number of carboxylic acid groups (broad SMARTS) is 1. The van der Waals surface area contributed by atoms with Crippen LogP contribution in [-0.2, 0) is 13.0 Å². The molecule has 1 unspecified atom stereocenters. The van der Waals surface area contributed by atoms with Crippen LogP contribution in [0.5, 0.6) is 11.5 Å². The number of rotatable bonds is 5. The molecule has 0 aliphatic carbocycles. The number of aromatic carboxylic acids is 1. The van der Waals surface area contributed by atoms with Crippen molar-refractivity contribution in [2.75, 3.05) is 13.7 Å². The highest BCUT2D eigenvalue weighted by Crippen LogP contribution is 2.29. The smallest absolute Gasteiger partial charge is 0.335 e. The first-order chi connectivity index (χ1) is 11.2. The zero-order valence-electron chi connectivity index (χ0n) is 12.9. The Bertz CT molecular complexity index is 714. The van der Waals surface area contributed by atoms with Crippen molar-refractivity contribution in [2.45, 2.75) is 19.0 Å². The molecule has 3 rings (SSSR count). The first-order valence-electron chi connectivity index (χ1n) is 7.51. The van der Waals surface area contributed by atoms with E-state index >= 15 is 0 Å². The molecule has 1 aliphatic rings. The van der Waals surface area contributed by atoms with Gasteiger partial charge >= 0.3 is 5.97 Å². The van der Waals surface area contributed by atoms with Gasteiger partial charge in [0, 0.05) is 18.7 Å². The number of hydrogen-bond donors (Lipinski definition) is 2. The third kappa shape index (κ3) is 3.63. The van der Waals surface area contributed by atoms with Crippen molar-refractivity contribution in [3.8, 4) is 11.5 Å². The Morgan fingerprint density at radius 3 is 3.00 bits per heavy atom. The van der Waals surface area contributed by atoms with Gasteiger partial charge in [-0.25, -0.2) is 4.79 Å². The molecule has 1 heterocycles. The predicted octanol–water partition coefficient (Wildman–Crippen LogP) is 2.49. The van der Waals surface area contributed by atoms with Gasteiger partial charge in [0.1, 0.15) is 18.1 Å². The lowest BCUT2D eigenvalue weighted by atomic mass is 10.0. The summed E-state index contributed by atoms with van der Waals surface area (Å²) in [5.41, 5.74) is 2.40. The second-order valence-corrected chi connectivity index (χ2v) is 5.57. The minimum Gasteiger partial charge on any atom is -0.497 e. The first kappa shape index (κ1) is 15.4. The number of benzene rings is 2. The molecule has 5 nitrogen and oxygen atoms in total. The maximum absolute atomic E-state index is 11.0. The zero-order chi connectivity index (χ0) is 16.2. The topological polar surface area (TPSA) is 67.8 Å². The number of nitrogens with one attached hydrogen (secondary N) is 1. The number of ether oxygens (including phenoxy) is 2. The standard InChI is InChI=1S/C18H19NO4/c1-22-16-6-5-13-8-15(11-23-17(13)9-16)19-10-12-3-2-4-14(7-12)18(20)21/h2-7,9,15,19H,8,10-11H2,1H3,(H,20,21). The highest BCUT2D eigenvalue weighted by molar-refractivity contribution is 5.87. The molecular formula is C18H19NO4. The molecule has 0 radical (unpaired) electrons. The van der Waals surface area contributed by atoms with E-state index in [1.165, 1.54) is 0 Å². The van der Waals surface area contributed by atoms with Crippen LogP contribution >= 0.6 is 0 Å². The molecule has 120 valence electrons. The molecule has 23 heavy (non-hydrogen) atoms. The summed E-state index contributed by atoms with van der Waals surface area (Å²) in [5, 5.41) is 12.5. The summed E-state index contributed by atoms with van der Waals surface area (Å²) >= 11 is 0. The monoisotopic (exact) mass is 313 g/mol. The largest absolute Gasteiger partial charge is 0.497 e. The molecule has 0 amide bonds. The van der Waals surface area contributed by atoms with Gasteiger partial charge in [0.15, 0.2) is 0 Å². The molecular weight excluding hydrogens is 294 g/mol. The minimum atomic E-state index is -0.907. The number of carbonyl (C=O) groups is 1. The maximum Gasteiger partial charge on any atom is 0.335 e. The number of methoxy groups -OCH3 is 1. The molecule has 1 atom stereocenters. The van der Waals surface area contributed by atoms with Gasteiger partial charge in [0.25, 0.3) is 0 Å². The number of hydrogen-bond acceptors (Lipinski definition) is 4. The molecule has 1 aliphatic heterocycles. The third-order valence-corrected chi connectivity index (χ3v) is 3.95. The Morgan fingerprint density at radius 2 is 2.22 bits per heavy atom. The van der Waals surface area contributed by atoms with E-state index in [1.54, 1.807) is 25.3 Å². The SMILES string of the molecule is COc1ccc2c(c1)OCC(NCc1cccc(C(=O)O)c1)C2. The Hall–Kier alpha value is -2.53. The average Bonchev–Trinajstić information content (AvgIpc) is 2.59. The highest BCUT2D eigenvalue weighted by atomic mass is 16.5. The van der Waals surface area contributed by atoms with Crippen molar-refractivity contribution >= 4 is 5.97 Å². The minimum absolute atomic E-state index is 0.198. The lowest BCUT2D eigenvalue weighted by Gasteiger charge is -2.26. The summed E-state index contributed by atoms with van der Waals surface area (Å²) in [5.74, 6) is 0.756.